The zero-order chi connectivity index (χ0) is 12.1. The second-order valence-corrected chi connectivity index (χ2v) is 6.13. The second kappa shape index (κ2) is 6.77. The van der Waals surface area contributed by atoms with Crippen LogP contribution in [0, 0.1) is 0 Å². The van der Waals surface area contributed by atoms with E-state index in [2.05, 4.69) is 53.1 Å². The normalized spacial score (nSPS) is 12.2. The summed E-state index contributed by atoms with van der Waals surface area (Å²) in [6.45, 7) is 1.99. The van der Waals surface area contributed by atoms with Crippen molar-refractivity contribution >= 4 is 53.7 Å². The number of benzene rings is 1. The lowest BCUT2D eigenvalue weighted by atomic mass is 10.2. The number of halogens is 3. The largest absolute Gasteiger partial charge is 0.350 e. The van der Waals surface area contributed by atoms with Crippen LogP contribution >= 0.6 is 47.8 Å². The molecule has 0 bridgehead atoms. The average Bonchev–Trinajstić information content (AvgIpc) is 2.16. The van der Waals surface area contributed by atoms with Gasteiger partial charge in [0.25, 0.3) is 5.91 Å². The van der Waals surface area contributed by atoms with Crippen molar-refractivity contribution in [3.63, 3.8) is 0 Å². The number of rotatable bonds is 4. The van der Waals surface area contributed by atoms with Gasteiger partial charge in [-0.2, -0.15) is 0 Å². The van der Waals surface area contributed by atoms with Crippen molar-refractivity contribution in [1.82, 2.24) is 5.32 Å². The summed E-state index contributed by atoms with van der Waals surface area (Å²) in [6.07, 6.45) is 0.918. The number of carbonyl (C=O) groups is 1. The van der Waals surface area contributed by atoms with Gasteiger partial charge < -0.3 is 5.32 Å². The van der Waals surface area contributed by atoms with E-state index >= 15 is 0 Å². The summed E-state index contributed by atoms with van der Waals surface area (Å²) < 4.78 is 1.78. The van der Waals surface area contributed by atoms with Gasteiger partial charge in [0.2, 0.25) is 0 Å². The SMILES string of the molecule is CC(CCBr)NC(=O)c1cc(Br)cc(Br)c1. The summed E-state index contributed by atoms with van der Waals surface area (Å²) >= 11 is 10.1. The summed E-state index contributed by atoms with van der Waals surface area (Å²) in [7, 11) is 0. The minimum absolute atomic E-state index is 0.0459. The molecule has 0 saturated heterocycles. The fourth-order valence-corrected chi connectivity index (χ4v) is 3.21. The molecule has 0 aromatic heterocycles. The minimum Gasteiger partial charge on any atom is -0.350 e. The summed E-state index contributed by atoms with van der Waals surface area (Å²) in [5.74, 6) is -0.0459. The molecule has 1 aromatic rings. The molecule has 2 nitrogen and oxygen atoms in total. The third-order valence-corrected chi connectivity index (χ3v) is 3.42. The van der Waals surface area contributed by atoms with Crippen LogP contribution in [-0.4, -0.2) is 17.3 Å². The molecule has 0 fully saturated rings. The summed E-state index contributed by atoms with van der Waals surface area (Å²) in [4.78, 5) is 11.9. The second-order valence-electron chi connectivity index (χ2n) is 3.51. The zero-order valence-electron chi connectivity index (χ0n) is 8.77. The minimum atomic E-state index is -0.0459. The molecule has 0 aliphatic carbocycles. The number of alkyl halides is 1. The Bertz CT molecular complexity index is 361. The lowest BCUT2D eigenvalue weighted by Gasteiger charge is -2.12. The maximum Gasteiger partial charge on any atom is 0.251 e. The van der Waals surface area contributed by atoms with E-state index in [0.29, 0.717) is 5.56 Å². The molecular weight excluding hydrogens is 402 g/mol. The maximum absolute atomic E-state index is 11.9. The van der Waals surface area contributed by atoms with E-state index < -0.39 is 0 Å². The van der Waals surface area contributed by atoms with Gasteiger partial charge in [0.15, 0.2) is 0 Å². The molecule has 1 unspecified atom stereocenters. The monoisotopic (exact) mass is 411 g/mol. The molecule has 1 amide bonds. The Labute approximate surface area is 121 Å². The summed E-state index contributed by atoms with van der Waals surface area (Å²) in [6, 6.07) is 5.69. The van der Waals surface area contributed by atoms with Crippen LogP contribution < -0.4 is 5.32 Å². The molecule has 16 heavy (non-hydrogen) atoms. The van der Waals surface area contributed by atoms with Crippen molar-refractivity contribution in [3.05, 3.63) is 32.7 Å². The fourth-order valence-electron chi connectivity index (χ4n) is 1.23. The predicted octanol–water partition coefficient (Wildman–Crippen LogP) is 4.11. The van der Waals surface area contributed by atoms with Gasteiger partial charge >= 0.3 is 0 Å². The molecule has 5 heteroatoms. The number of amides is 1. The van der Waals surface area contributed by atoms with Gasteiger partial charge in [-0.1, -0.05) is 47.8 Å². The highest BCUT2D eigenvalue weighted by molar-refractivity contribution is 9.11. The van der Waals surface area contributed by atoms with Gasteiger partial charge in [0.1, 0.15) is 0 Å². The van der Waals surface area contributed by atoms with Crippen molar-refractivity contribution in [2.24, 2.45) is 0 Å². The number of hydrogen-bond acceptors (Lipinski definition) is 1. The Morgan fingerprint density at radius 3 is 2.38 bits per heavy atom. The van der Waals surface area contributed by atoms with Crippen LogP contribution in [-0.2, 0) is 0 Å². The van der Waals surface area contributed by atoms with Crippen LogP contribution in [0.4, 0.5) is 0 Å². The first-order valence-electron chi connectivity index (χ1n) is 4.86. The standard InChI is InChI=1S/C11H12Br3NO/c1-7(2-3-12)15-11(16)8-4-9(13)6-10(14)5-8/h4-7H,2-3H2,1H3,(H,15,16). The van der Waals surface area contributed by atoms with E-state index in [0.717, 1.165) is 20.7 Å². The molecule has 88 valence electrons. The maximum atomic E-state index is 11.9. The molecule has 0 aliphatic heterocycles. The smallest absolute Gasteiger partial charge is 0.251 e. The van der Waals surface area contributed by atoms with Crippen molar-refractivity contribution in [2.45, 2.75) is 19.4 Å². The summed E-state index contributed by atoms with van der Waals surface area (Å²) in [5.41, 5.74) is 0.655. The van der Waals surface area contributed by atoms with E-state index in [1.165, 1.54) is 0 Å². The highest BCUT2D eigenvalue weighted by atomic mass is 79.9. The quantitative estimate of drug-likeness (QED) is 0.739. The first-order valence-corrected chi connectivity index (χ1v) is 7.56. The van der Waals surface area contributed by atoms with Crippen molar-refractivity contribution in [2.75, 3.05) is 5.33 Å². The molecule has 0 spiro atoms. The molecule has 1 aromatic carbocycles. The van der Waals surface area contributed by atoms with Gasteiger partial charge in [-0.05, 0) is 31.5 Å². The van der Waals surface area contributed by atoms with E-state index in [1.54, 1.807) is 12.1 Å². The first-order chi connectivity index (χ1) is 7.52. The van der Waals surface area contributed by atoms with Crippen LogP contribution in [0.3, 0.4) is 0 Å². The van der Waals surface area contributed by atoms with E-state index in [1.807, 2.05) is 13.0 Å². The Morgan fingerprint density at radius 1 is 1.31 bits per heavy atom. The average molecular weight is 414 g/mol. The first kappa shape index (κ1) is 14.2. The Morgan fingerprint density at radius 2 is 1.88 bits per heavy atom. The highest BCUT2D eigenvalue weighted by Crippen LogP contribution is 2.20. The molecule has 0 aliphatic rings. The number of nitrogens with one attached hydrogen (secondary N) is 1. The molecule has 1 atom stereocenters. The van der Waals surface area contributed by atoms with Gasteiger partial charge in [-0.25, -0.2) is 0 Å². The molecule has 1 N–H and O–H groups in total. The van der Waals surface area contributed by atoms with E-state index in [9.17, 15) is 4.79 Å². The van der Waals surface area contributed by atoms with Crippen LogP contribution in [0.5, 0.6) is 0 Å². The van der Waals surface area contributed by atoms with Gasteiger partial charge in [-0.3, -0.25) is 4.79 Å². The predicted molar refractivity (Wildman–Crippen MR) is 77.2 cm³/mol. The topological polar surface area (TPSA) is 29.1 Å². The van der Waals surface area contributed by atoms with Crippen molar-refractivity contribution < 1.29 is 4.79 Å². The molecule has 0 saturated carbocycles. The highest BCUT2D eigenvalue weighted by Gasteiger charge is 2.10. The van der Waals surface area contributed by atoms with Gasteiger partial charge in [0.05, 0.1) is 0 Å². The van der Waals surface area contributed by atoms with Crippen molar-refractivity contribution in [1.29, 1.82) is 0 Å². The van der Waals surface area contributed by atoms with Crippen LogP contribution in [0.1, 0.15) is 23.7 Å². The van der Waals surface area contributed by atoms with Gasteiger partial charge in [-0.15, -0.1) is 0 Å². The third-order valence-electron chi connectivity index (χ3n) is 2.04. The Kier molecular flexibility index (Phi) is 6.00. The number of hydrogen-bond donors (Lipinski definition) is 1. The lowest BCUT2D eigenvalue weighted by Crippen LogP contribution is -2.32. The fraction of sp³-hybridized carbons (Fsp3) is 0.364. The molecule has 0 radical (unpaired) electrons. The lowest BCUT2D eigenvalue weighted by molar-refractivity contribution is 0.0939. The Hall–Kier alpha value is 0.130. The Balaban J connectivity index is 2.72. The van der Waals surface area contributed by atoms with Crippen LogP contribution in [0.2, 0.25) is 0 Å². The third kappa shape index (κ3) is 4.55. The molecule has 1 rings (SSSR count). The van der Waals surface area contributed by atoms with E-state index in [-0.39, 0.29) is 11.9 Å². The van der Waals surface area contributed by atoms with Crippen LogP contribution in [0.25, 0.3) is 0 Å². The van der Waals surface area contributed by atoms with Crippen LogP contribution in [0.15, 0.2) is 27.1 Å². The molecular formula is C11H12Br3NO. The van der Waals surface area contributed by atoms with E-state index in [4.69, 9.17) is 0 Å². The van der Waals surface area contributed by atoms with Gasteiger partial charge in [0, 0.05) is 25.9 Å². The zero-order valence-corrected chi connectivity index (χ0v) is 13.5. The molecule has 0 heterocycles. The van der Waals surface area contributed by atoms with Crippen molar-refractivity contribution in [3.8, 4) is 0 Å². The summed E-state index contributed by atoms with van der Waals surface area (Å²) in [5, 5.41) is 3.83. The number of carbonyl (C=O) groups excluding carboxylic acids is 1.